The van der Waals surface area contributed by atoms with Crippen molar-refractivity contribution < 1.29 is 0 Å². The molecule has 0 unspecified atom stereocenters. The third-order valence-electron chi connectivity index (χ3n) is 3.93. The predicted octanol–water partition coefficient (Wildman–Crippen LogP) is 3.42. The van der Waals surface area contributed by atoms with Crippen LogP contribution >= 0.6 is 11.6 Å². The van der Waals surface area contributed by atoms with E-state index in [2.05, 4.69) is 67.5 Å². The lowest BCUT2D eigenvalue weighted by molar-refractivity contribution is 0.170. The molecule has 0 spiro atoms. The number of halogens is 1. The molecule has 0 atom stereocenters. The SMILES string of the molecule is Cc1cccc2c1nc(CCl)n2CC(C)(C)N(C)C. The number of rotatable bonds is 4. The van der Waals surface area contributed by atoms with Gasteiger partial charge < -0.3 is 9.47 Å². The Morgan fingerprint density at radius 2 is 2.00 bits per heavy atom. The van der Waals surface area contributed by atoms with Gasteiger partial charge in [-0.2, -0.15) is 0 Å². The maximum atomic E-state index is 6.07. The van der Waals surface area contributed by atoms with Gasteiger partial charge in [0.15, 0.2) is 0 Å². The summed E-state index contributed by atoms with van der Waals surface area (Å²) < 4.78 is 2.25. The van der Waals surface area contributed by atoms with Crippen molar-refractivity contribution >= 4 is 22.6 Å². The fourth-order valence-electron chi connectivity index (χ4n) is 2.14. The molecule has 1 aromatic carbocycles. The molecule has 0 aliphatic rings. The Labute approximate surface area is 120 Å². The highest BCUT2D eigenvalue weighted by molar-refractivity contribution is 6.16. The number of hydrogen-bond donors (Lipinski definition) is 0. The van der Waals surface area contributed by atoms with Gasteiger partial charge in [-0.3, -0.25) is 0 Å². The van der Waals surface area contributed by atoms with Crippen LogP contribution in [0.1, 0.15) is 25.2 Å². The van der Waals surface area contributed by atoms with Crippen LogP contribution in [0.25, 0.3) is 11.0 Å². The first-order valence-electron chi connectivity index (χ1n) is 6.55. The maximum Gasteiger partial charge on any atom is 0.124 e. The van der Waals surface area contributed by atoms with E-state index < -0.39 is 0 Å². The molecule has 4 heteroatoms. The number of fused-ring (bicyclic) bond motifs is 1. The monoisotopic (exact) mass is 279 g/mol. The molecule has 3 nitrogen and oxygen atoms in total. The van der Waals surface area contributed by atoms with E-state index >= 15 is 0 Å². The third kappa shape index (κ3) is 2.63. The Morgan fingerprint density at radius 1 is 1.32 bits per heavy atom. The third-order valence-corrected chi connectivity index (χ3v) is 4.17. The number of alkyl halides is 1. The highest BCUT2D eigenvalue weighted by atomic mass is 35.5. The maximum absolute atomic E-state index is 6.07. The minimum Gasteiger partial charge on any atom is -0.325 e. The van der Waals surface area contributed by atoms with E-state index in [-0.39, 0.29) is 5.54 Å². The molecule has 0 bridgehead atoms. The lowest BCUT2D eigenvalue weighted by Gasteiger charge is -2.33. The van der Waals surface area contributed by atoms with Gasteiger partial charge in [-0.1, -0.05) is 12.1 Å². The lowest BCUT2D eigenvalue weighted by atomic mass is 10.0. The van der Waals surface area contributed by atoms with Crippen LogP contribution in [-0.2, 0) is 12.4 Å². The minimum atomic E-state index is 0.0538. The topological polar surface area (TPSA) is 21.1 Å². The number of para-hydroxylation sites is 1. The summed E-state index contributed by atoms with van der Waals surface area (Å²) in [6, 6.07) is 6.29. The van der Waals surface area contributed by atoms with Gasteiger partial charge >= 0.3 is 0 Å². The Balaban J connectivity index is 2.56. The minimum absolute atomic E-state index is 0.0538. The number of aryl methyl sites for hydroxylation is 1. The summed E-state index contributed by atoms with van der Waals surface area (Å²) in [6.07, 6.45) is 0. The largest absolute Gasteiger partial charge is 0.325 e. The normalized spacial score (nSPS) is 12.6. The summed E-state index contributed by atoms with van der Waals surface area (Å²) in [4.78, 5) is 6.92. The molecule has 0 aliphatic carbocycles. The Bertz CT molecular complexity index is 584. The second kappa shape index (κ2) is 5.14. The van der Waals surface area contributed by atoms with Crippen LogP contribution in [0.15, 0.2) is 18.2 Å². The lowest BCUT2D eigenvalue weighted by Crippen LogP contribution is -2.42. The number of benzene rings is 1. The van der Waals surface area contributed by atoms with E-state index in [1.807, 2.05) is 0 Å². The summed E-state index contributed by atoms with van der Waals surface area (Å²) in [6.45, 7) is 7.43. The van der Waals surface area contributed by atoms with Gasteiger partial charge in [0.1, 0.15) is 5.82 Å². The van der Waals surface area contributed by atoms with Crippen LogP contribution in [0.5, 0.6) is 0 Å². The first-order valence-corrected chi connectivity index (χ1v) is 7.08. The summed E-state index contributed by atoms with van der Waals surface area (Å²) in [5.74, 6) is 1.39. The smallest absolute Gasteiger partial charge is 0.124 e. The quantitative estimate of drug-likeness (QED) is 0.800. The van der Waals surface area contributed by atoms with Gasteiger partial charge in [-0.25, -0.2) is 4.98 Å². The van der Waals surface area contributed by atoms with Crippen molar-refractivity contribution in [2.24, 2.45) is 0 Å². The second-order valence-electron chi connectivity index (χ2n) is 5.90. The summed E-state index contributed by atoms with van der Waals surface area (Å²) in [7, 11) is 4.20. The van der Waals surface area contributed by atoms with Crippen molar-refractivity contribution in [1.82, 2.24) is 14.5 Å². The first kappa shape index (κ1) is 14.4. The Kier molecular flexibility index (Phi) is 3.88. The molecule has 19 heavy (non-hydrogen) atoms. The van der Waals surface area contributed by atoms with Gasteiger partial charge in [0.05, 0.1) is 16.9 Å². The molecule has 0 saturated heterocycles. The van der Waals surface area contributed by atoms with Crippen LogP contribution in [0.4, 0.5) is 0 Å². The Morgan fingerprint density at radius 3 is 2.58 bits per heavy atom. The standard InChI is InChI=1S/C15H22ClN3/c1-11-7-6-8-12-14(11)17-13(9-16)19(12)10-15(2,3)18(4)5/h6-8H,9-10H2,1-5H3. The Hall–Kier alpha value is -1.06. The zero-order valence-electron chi connectivity index (χ0n) is 12.4. The fraction of sp³-hybridized carbons (Fsp3) is 0.533. The predicted molar refractivity (Wildman–Crippen MR) is 81.8 cm³/mol. The van der Waals surface area contributed by atoms with Gasteiger partial charge in [-0.05, 0) is 46.5 Å². The molecule has 1 aromatic heterocycles. The molecule has 2 aromatic rings. The summed E-state index contributed by atoms with van der Waals surface area (Å²) in [5, 5.41) is 0. The number of aromatic nitrogens is 2. The van der Waals surface area contributed by atoms with E-state index in [0.717, 1.165) is 17.9 Å². The molecule has 0 aliphatic heterocycles. The zero-order valence-corrected chi connectivity index (χ0v) is 13.1. The average Bonchev–Trinajstić information content (AvgIpc) is 2.68. The van der Waals surface area contributed by atoms with Gasteiger partial charge in [0, 0.05) is 12.1 Å². The van der Waals surface area contributed by atoms with Gasteiger partial charge in [0.2, 0.25) is 0 Å². The highest BCUT2D eigenvalue weighted by Gasteiger charge is 2.24. The van der Waals surface area contributed by atoms with Crippen LogP contribution < -0.4 is 0 Å². The van der Waals surface area contributed by atoms with Crippen molar-refractivity contribution in [3.63, 3.8) is 0 Å². The van der Waals surface area contributed by atoms with Crippen molar-refractivity contribution in [2.45, 2.75) is 38.7 Å². The van der Waals surface area contributed by atoms with Crippen molar-refractivity contribution in [3.8, 4) is 0 Å². The molecule has 0 radical (unpaired) electrons. The van der Waals surface area contributed by atoms with E-state index in [0.29, 0.717) is 5.88 Å². The number of nitrogens with zero attached hydrogens (tertiary/aromatic N) is 3. The molecule has 2 rings (SSSR count). The molecular formula is C15H22ClN3. The molecule has 1 heterocycles. The molecule has 0 amide bonds. The summed E-state index contributed by atoms with van der Waals surface area (Å²) in [5.41, 5.74) is 3.49. The van der Waals surface area contributed by atoms with Crippen LogP contribution in [0.3, 0.4) is 0 Å². The van der Waals surface area contributed by atoms with Crippen molar-refractivity contribution in [2.75, 3.05) is 14.1 Å². The molecule has 0 fully saturated rings. The molecular weight excluding hydrogens is 258 g/mol. The van der Waals surface area contributed by atoms with E-state index in [1.54, 1.807) is 0 Å². The number of imidazole rings is 1. The van der Waals surface area contributed by atoms with Crippen LogP contribution in [0, 0.1) is 6.92 Å². The molecule has 0 saturated carbocycles. The number of hydrogen-bond acceptors (Lipinski definition) is 2. The number of likely N-dealkylation sites (N-methyl/N-ethyl adjacent to an activating group) is 1. The summed E-state index contributed by atoms with van der Waals surface area (Å²) >= 11 is 6.07. The van der Waals surface area contributed by atoms with E-state index in [1.165, 1.54) is 11.1 Å². The van der Waals surface area contributed by atoms with E-state index in [9.17, 15) is 0 Å². The molecule has 0 N–H and O–H groups in total. The highest BCUT2D eigenvalue weighted by Crippen LogP contribution is 2.24. The van der Waals surface area contributed by atoms with Crippen LogP contribution in [0.2, 0.25) is 0 Å². The zero-order chi connectivity index (χ0) is 14.2. The first-order chi connectivity index (χ1) is 8.86. The van der Waals surface area contributed by atoms with E-state index in [4.69, 9.17) is 11.6 Å². The second-order valence-corrected chi connectivity index (χ2v) is 6.16. The fourth-order valence-corrected chi connectivity index (χ4v) is 2.35. The van der Waals surface area contributed by atoms with Gasteiger partial charge in [-0.15, -0.1) is 11.6 Å². The van der Waals surface area contributed by atoms with Gasteiger partial charge in [0.25, 0.3) is 0 Å². The van der Waals surface area contributed by atoms with Crippen molar-refractivity contribution in [1.29, 1.82) is 0 Å². The van der Waals surface area contributed by atoms with Crippen LogP contribution in [-0.4, -0.2) is 34.1 Å². The van der Waals surface area contributed by atoms with Crippen molar-refractivity contribution in [3.05, 3.63) is 29.6 Å². The molecule has 104 valence electrons. The average molecular weight is 280 g/mol.